The van der Waals surface area contributed by atoms with Gasteiger partial charge < -0.3 is 10.2 Å². The van der Waals surface area contributed by atoms with Crippen LogP contribution in [0, 0.1) is 11.8 Å². The number of rotatable bonds is 4. The van der Waals surface area contributed by atoms with Crippen LogP contribution in [-0.4, -0.2) is 24.4 Å². The zero-order valence-corrected chi connectivity index (χ0v) is 15.7. The number of amides is 2. The first-order chi connectivity index (χ1) is 11.6. The molecular weight excluding hydrogens is 368 g/mol. The number of hydrogen-bond donors (Lipinski definition) is 1. The van der Waals surface area contributed by atoms with Crippen molar-refractivity contribution >= 4 is 33.4 Å². The first-order valence-corrected chi connectivity index (χ1v) is 9.75. The fourth-order valence-corrected chi connectivity index (χ4v) is 4.35. The van der Waals surface area contributed by atoms with Crippen LogP contribution < -0.4 is 10.2 Å². The molecule has 5 heteroatoms. The van der Waals surface area contributed by atoms with E-state index in [0.29, 0.717) is 13.0 Å². The van der Waals surface area contributed by atoms with E-state index in [9.17, 15) is 9.59 Å². The average Bonchev–Trinajstić information content (AvgIpc) is 2.97. The molecule has 0 spiro atoms. The molecule has 24 heavy (non-hydrogen) atoms. The fraction of sp³-hybridized carbons (Fsp3) is 0.579. The van der Waals surface area contributed by atoms with Crippen molar-refractivity contribution in [1.29, 1.82) is 0 Å². The fourth-order valence-electron chi connectivity index (χ4n) is 3.85. The van der Waals surface area contributed by atoms with E-state index in [0.717, 1.165) is 28.9 Å². The van der Waals surface area contributed by atoms with Gasteiger partial charge in [0.25, 0.3) is 0 Å². The Bertz CT molecular complexity index is 611. The van der Waals surface area contributed by atoms with Gasteiger partial charge in [-0.15, -0.1) is 0 Å². The molecule has 1 atom stereocenters. The van der Waals surface area contributed by atoms with Crippen molar-refractivity contribution in [3.8, 4) is 0 Å². The Morgan fingerprint density at radius 2 is 1.92 bits per heavy atom. The summed E-state index contributed by atoms with van der Waals surface area (Å²) in [5, 5.41) is 3.12. The van der Waals surface area contributed by atoms with Crippen molar-refractivity contribution in [1.82, 2.24) is 5.32 Å². The number of nitrogens with zero attached hydrogens (tertiary/aromatic N) is 1. The van der Waals surface area contributed by atoms with Crippen LogP contribution in [0.2, 0.25) is 0 Å². The van der Waals surface area contributed by atoms with Crippen molar-refractivity contribution in [3.05, 3.63) is 28.7 Å². The Kier molecular flexibility index (Phi) is 5.59. The van der Waals surface area contributed by atoms with E-state index in [-0.39, 0.29) is 17.9 Å². The first-order valence-electron chi connectivity index (χ1n) is 8.96. The maximum Gasteiger partial charge on any atom is 0.239 e. The van der Waals surface area contributed by atoms with Gasteiger partial charge in [0.15, 0.2) is 0 Å². The molecule has 2 fully saturated rings. The second-order valence-electron chi connectivity index (χ2n) is 6.92. The molecule has 2 amide bonds. The van der Waals surface area contributed by atoms with Crippen molar-refractivity contribution in [2.45, 2.75) is 51.5 Å². The summed E-state index contributed by atoms with van der Waals surface area (Å²) >= 11 is 3.49. The summed E-state index contributed by atoms with van der Waals surface area (Å²) in [4.78, 5) is 27.0. The summed E-state index contributed by atoms with van der Waals surface area (Å²) in [5.74, 6) is 0.0920. The van der Waals surface area contributed by atoms with Crippen LogP contribution in [0.4, 0.5) is 5.69 Å². The van der Waals surface area contributed by atoms with Crippen molar-refractivity contribution in [2.75, 3.05) is 11.4 Å². The maximum absolute atomic E-state index is 12.7. The van der Waals surface area contributed by atoms with Crippen LogP contribution in [0.3, 0.4) is 0 Å². The maximum atomic E-state index is 12.7. The minimum Gasteiger partial charge on any atom is -0.353 e. The van der Waals surface area contributed by atoms with Gasteiger partial charge in [0.2, 0.25) is 11.8 Å². The molecular formula is C19H25BrN2O2. The zero-order valence-electron chi connectivity index (χ0n) is 14.1. The second-order valence-corrected chi connectivity index (χ2v) is 7.77. The highest BCUT2D eigenvalue weighted by atomic mass is 79.9. The van der Waals surface area contributed by atoms with E-state index >= 15 is 0 Å². The monoisotopic (exact) mass is 392 g/mol. The van der Waals surface area contributed by atoms with Crippen LogP contribution in [0.25, 0.3) is 0 Å². The third kappa shape index (κ3) is 3.66. The molecule has 4 nitrogen and oxygen atoms in total. The van der Waals surface area contributed by atoms with Gasteiger partial charge in [-0.2, -0.15) is 0 Å². The number of halogens is 1. The minimum atomic E-state index is -0.541. The number of anilines is 1. The van der Waals surface area contributed by atoms with Gasteiger partial charge in [-0.05, 0) is 66.1 Å². The van der Waals surface area contributed by atoms with Crippen molar-refractivity contribution < 1.29 is 9.59 Å². The number of carbonyl (C=O) groups excluding carboxylic acids is 2. The number of benzene rings is 1. The number of para-hydroxylation sites is 1. The van der Waals surface area contributed by atoms with Crippen LogP contribution in [0.15, 0.2) is 28.7 Å². The number of carbonyl (C=O) groups is 2. The molecule has 130 valence electrons. The molecule has 1 aliphatic heterocycles. The van der Waals surface area contributed by atoms with Gasteiger partial charge in [-0.1, -0.05) is 25.5 Å². The van der Waals surface area contributed by atoms with E-state index in [4.69, 9.17) is 0 Å². The van der Waals surface area contributed by atoms with Gasteiger partial charge in [-0.25, -0.2) is 0 Å². The van der Waals surface area contributed by atoms with E-state index in [1.54, 1.807) is 4.90 Å². The molecule has 1 saturated carbocycles. The predicted molar refractivity (Wildman–Crippen MR) is 98.8 cm³/mol. The summed E-state index contributed by atoms with van der Waals surface area (Å²) in [5.41, 5.74) is 0.848. The Balaban J connectivity index is 1.59. The highest BCUT2D eigenvalue weighted by Crippen LogP contribution is 2.32. The lowest BCUT2D eigenvalue weighted by molar-refractivity contribution is -0.132. The van der Waals surface area contributed by atoms with Crippen molar-refractivity contribution in [3.63, 3.8) is 0 Å². The van der Waals surface area contributed by atoms with Crippen LogP contribution >= 0.6 is 15.9 Å². The largest absolute Gasteiger partial charge is 0.353 e. The van der Waals surface area contributed by atoms with Crippen LogP contribution in [-0.2, 0) is 9.59 Å². The Morgan fingerprint density at radius 1 is 1.21 bits per heavy atom. The molecule has 2 aliphatic rings. The highest BCUT2D eigenvalue weighted by molar-refractivity contribution is 9.10. The molecule has 1 aromatic carbocycles. The van der Waals surface area contributed by atoms with Gasteiger partial charge in [0, 0.05) is 17.1 Å². The van der Waals surface area contributed by atoms with E-state index in [2.05, 4.69) is 28.2 Å². The Labute approximate surface area is 152 Å². The second kappa shape index (κ2) is 7.68. The molecule has 3 rings (SSSR count). The third-order valence-corrected chi connectivity index (χ3v) is 6.11. The minimum absolute atomic E-state index is 0.0818. The number of hydrogen-bond acceptors (Lipinski definition) is 2. The van der Waals surface area contributed by atoms with Gasteiger partial charge >= 0.3 is 0 Å². The summed E-state index contributed by atoms with van der Waals surface area (Å²) < 4.78 is 0.886. The van der Waals surface area contributed by atoms with E-state index < -0.39 is 5.92 Å². The summed E-state index contributed by atoms with van der Waals surface area (Å²) in [6.45, 7) is 2.83. The van der Waals surface area contributed by atoms with Crippen LogP contribution in [0.1, 0.15) is 45.4 Å². The molecule has 1 saturated heterocycles. The van der Waals surface area contributed by atoms with Crippen molar-refractivity contribution in [2.24, 2.45) is 11.8 Å². The highest BCUT2D eigenvalue weighted by Gasteiger charge is 2.39. The summed E-state index contributed by atoms with van der Waals surface area (Å²) in [6.07, 6.45) is 6.27. The number of nitrogens with one attached hydrogen (secondary N) is 1. The van der Waals surface area contributed by atoms with E-state index in [1.165, 1.54) is 19.3 Å². The lowest BCUT2D eigenvalue weighted by Crippen LogP contribution is -2.43. The van der Waals surface area contributed by atoms with Gasteiger partial charge in [0.05, 0.1) is 5.69 Å². The molecule has 1 unspecified atom stereocenters. The molecule has 0 bridgehead atoms. The molecule has 0 radical (unpaired) electrons. The normalized spacial score (nSPS) is 27.3. The summed E-state index contributed by atoms with van der Waals surface area (Å²) in [6, 6.07) is 7.90. The van der Waals surface area contributed by atoms with Gasteiger partial charge in [0.1, 0.15) is 5.92 Å². The standard InChI is InChI=1S/C19H25BrN2O2/c1-2-13-7-9-14(10-8-13)21-18(23)15-11-12-22(19(15)24)17-6-4-3-5-16(17)20/h3-6,13-15H,2,7-12H2,1H3,(H,21,23). The Hall–Kier alpha value is -1.36. The van der Waals surface area contributed by atoms with E-state index in [1.807, 2.05) is 24.3 Å². The predicted octanol–water partition coefficient (Wildman–Crippen LogP) is 3.89. The Morgan fingerprint density at radius 3 is 2.58 bits per heavy atom. The molecule has 1 aromatic rings. The van der Waals surface area contributed by atoms with Gasteiger partial charge in [-0.3, -0.25) is 9.59 Å². The first kappa shape index (κ1) is 17.5. The topological polar surface area (TPSA) is 49.4 Å². The zero-order chi connectivity index (χ0) is 17.1. The molecule has 1 N–H and O–H groups in total. The lowest BCUT2D eigenvalue weighted by atomic mass is 9.84. The third-order valence-electron chi connectivity index (χ3n) is 5.44. The SMILES string of the molecule is CCC1CCC(NC(=O)C2CCN(c3ccccc3Br)C2=O)CC1. The quantitative estimate of drug-likeness (QED) is 0.790. The summed E-state index contributed by atoms with van der Waals surface area (Å²) in [7, 11) is 0. The average molecular weight is 393 g/mol. The van der Waals surface area contributed by atoms with Crippen LogP contribution in [0.5, 0.6) is 0 Å². The molecule has 1 aliphatic carbocycles. The molecule has 0 aromatic heterocycles. The smallest absolute Gasteiger partial charge is 0.239 e. The molecule has 1 heterocycles. The lowest BCUT2D eigenvalue weighted by Gasteiger charge is -2.29.